The van der Waals surface area contributed by atoms with E-state index in [-0.39, 0.29) is 11.9 Å². The number of benzene rings is 1. The zero-order valence-electron chi connectivity index (χ0n) is 11.7. The molecule has 0 aliphatic rings. The van der Waals surface area contributed by atoms with E-state index in [1.807, 2.05) is 6.07 Å². The molecular formula is C15H23BrFN. The molecule has 102 valence electrons. The van der Waals surface area contributed by atoms with E-state index in [1.54, 1.807) is 6.07 Å². The summed E-state index contributed by atoms with van der Waals surface area (Å²) in [4.78, 5) is 0. The maximum atomic E-state index is 13.6. The van der Waals surface area contributed by atoms with Crippen LogP contribution in [0.4, 0.5) is 4.39 Å². The molecule has 0 bridgehead atoms. The molecule has 0 aliphatic carbocycles. The fourth-order valence-electron chi connectivity index (χ4n) is 1.98. The Labute approximate surface area is 118 Å². The monoisotopic (exact) mass is 315 g/mol. The zero-order chi connectivity index (χ0) is 13.8. The van der Waals surface area contributed by atoms with E-state index in [0.717, 1.165) is 24.9 Å². The molecule has 1 unspecified atom stereocenters. The standard InChI is InChI=1S/C15H23BrFN/c1-5-18-13(9-10-15(2,3)4)11-7-6-8-12(17)14(11)16/h6-8,13,18H,5,9-10H2,1-4H3. The van der Waals surface area contributed by atoms with Crippen molar-refractivity contribution < 1.29 is 4.39 Å². The van der Waals surface area contributed by atoms with Gasteiger partial charge in [-0.15, -0.1) is 0 Å². The van der Waals surface area contributed by atoms with Crippen LogP contribution in [-0.4, -0.2) is 6.54 Å². The van der Waals surface area contributed by atoms with Crippen LogP contribution in [0.2, 0.25) is 0 Å². The molecule has 0 aliphatic heterocycles. The Morgan fingerprint density at radius 2 is 2.00 bits per heavy atom. The van der Waals surface area contributed by atoms with Crippen LogP contribution >= 0.6 is 15.9 Å². The molecule has 1 aromatic carbocycles. The van der Waals surface area contributed by atoms with Crippen molar-refractivity contribution in [1.82, 2.24) is 5.32 Å². The molecule has 1 atom stereocenters. The van der Waals surface area contributed by atoms with Crippen LogP contribution in [-0.2, 0) is 0 Å². The van der Waals surface area contributed by atoms with E-state index in [0.29, 0.717) is 9.89 Å². The minimum atomic E-state index is -0.189. The molecule has 18 heavy (non-hydrogen) atoms. The highest BCUT2D eigenvalue weighted by molar-refractivity contribution is 9.10. The number of hydrogen-bond acceptors (Lipinski definition) is 1. The number of hydrogen-bond donors (Lipinski definition) is 1. The lowest BCUT2D eigenvalue weighted by atomic mass is 9.87. The van der Waals surface area contributed by atoms with E-state index < -0.39 is 0 Å². The molecule has 0 fully saturated rings. The van der Waals surface area contributed by atoms with Crippen LogP contribution < -0.4 is 5.32 Å². The maximum Gasteiger partial charge on any atom is 0.137 e. The van der Waals surface area contributed by atoms with Crippen molar-refractivity contribution in [1.29, 1.82) is 0 Å². The Kier molecular flexibility index (Phi) is 5.80. The van der Waals surface area contributed by atoms with Gasteiger partial charge in [-0.05, 0) is 52.4 Å². The zero-order valence-corrected chi connectivity index (χ0v) is 13.3. The van der Waals surface area contributed by atoms with E-state index in [1.165, 1.54) is 6.07 Å². The first-order valence-corrected chi connectivity index (χ1v) is 7.31. The van der Waals surface area contributed by atoms with E-state index in [4.69, 9.17) is 0 Å². The number of rotatable bonds is 5. The SMILES string of the molecule is CCNC(CCC(C)(C)C)c1cccc(F)c1Br. The molecule has 0 aromatic heterocycles. The van der Waals surface area contributed by atoms with Crippen molar-refractivity contribution in [3.05, 3.63) is 34.1 Å². The average Bonchev–Trinajstić information content (AvgIpc) is 2.27. The second kappa shape index (κ2) is 6.67. The lowest BCUT2D eigenvalue weighted by Crippen LogP contribution is -2.23. The van der Waals surface area contributed by atoms with Gasteiger partial charge in [0.15, 0.2) is 0 Å². The summed E-state index contributed by atoms with van der Waals surface area (Å²) in [5, 5.41) is 3.44. The van der Waals surface area contributed by atoms with Gasteiger partial charge in [-0.25, -0.2) is 4.39 Å². The molecule has 0 heterocycles. The van der Waals surface area contributed by atoms with Crippen molar-refractivity contribution in [2.24, 2.45) is 5.41 Å². The summed E-state index contributed by atoms with van der Waals surface area (Å²) in [6.07, 6.45) is 2.12. The van der Waals surface area contributed by atoms with Crippen molar-refractivity contribution in [2.75, 3.05) is 6.54 Å². The van der Waals surface area contributed by atoms with Gasteiger partial charge in [0, 0.05) is 6.04 Å². The topological polar surface area (TPSA) is 12.0 Å². The highest BCUT2D eigenvalue weighted by atomic mass is 79.9. The van der Waals surface area contributed by atoms with Crippen LogP contribution in [0.3, 0.4) is 0 Å². The van der Waals surface area contributed by atoms with Crippen LogP contribution in [0, 0.1) is 11.2 Å². The third-order valence-electron chi connectivity index (χ3n) is 2.99. The molecule has 0 radical (unpaired) electrons. The van der Waals surface area contributed by atoms with Gasteiger partial charge in [0.2, 0.25) is 0 Å². The fourth-order valence-corrected chi connectivity index (χ4v) is 2.52. The van der Waals surface area contributed by atoms with Crippen LogP contribution in [0.1, 0.15) is 52.1 Å². The molecule has 0 spiro atoms. The second-order valence-corrected chi connectivity index (χ2v) is 6.65. The molecule has 1 rings (SSSR count). The Bertz CT molecular complexity index is 385. The quantitative estimate of drug-likeness (QED) is 0.800. The Morgan fingerprint density at radius 1 is 1.33 bits per heavy atom. The first kappa shape index (κ1) is 15.6. The summed E-state index contributed by atoms with van der Waals surface area (Å²) in [6, 6.07) is 5.46. The molecule has 1 N–H and O–H groups in total. The molecule has 1 nitrogen and oxygen atoms in total. The number of nitrogens with one attached hydrogen (secondary N) is 1. The predicted molar refractivity (Wildman–Crippen MR) is 79.2 cm³/mol. The Hall–Kier alpha value is -0.410. The summed E-state index contributed by atoms with van der Waals surface area (Å²) in [7, 11) is 0. The first-order valence-electron chi connectivity index (χ1n) is 6.52. The summed E-state index contributed by atoms with van der Waals surface area (Å²) in [5.41, 5.74) is 1.31. The minimum Gasteiger partial charge on any atom is -0.310 e. The van der Waals surface area contributed by atoms with Crippen LogP contribution in [0.25, 0.3) is 0 Å². The van der Waals surface area contributed by atoms with Gasteiger partial charge >= 0.3 is 0 Å². The molecule has 1 aromatic rings. The van der Waals surface area contributed by atoms with E-state index in [9.17, 15) is 4.39 Å². The van der Waals surface area contributed by atoms with Gasteiger partial charge < -0.3 is 5.32 Å². The number of halogens is 2. The molecule has 0 saturated carbocycles. The van der Waals surface area contributed by atoms with Gasteiger partial charge in [0.25, 0.3) is 0 Å². The third kappa shape index (κ3) is 4.69. The van der Waals surface area contributed by atoms with Crippen LogP contribution in [0.15, 0.2) is 22.7 Å². The summed E-state index contributed by atoms with van der Waals surface area (Å²) in [5.74, 6) is -0.189. The third-order valence-corrected chi connectivity index (χ3v) is 3.83. The largest absolute Gasteiger partial charge is 0.310 e. The normalized spacial score (nSPS) is 13.7. The summed E-state index contributed by atoms with van der Waals surface area (Å²) in [6.45, 7) is 9.67. The van der Waals surface area contributed by atoms with Crippen molar-refractivity contribution in [3.8, 4) is 0 Å². The molecule has 0 amide bonds. The van der Waals surface area contributed by atoms with Crippen molar-refractivity contribution in [2.45, 2.75) is 46.6 Å². The van der Waals surface area contributed by atoms with Gasteiger partial charge in [0.1, 0.15) is 5.82 Å². The lowest BCUT2D eigenvalue weighted by Gasteiger charge is -2.25. The smallest absolute Gasteiger partial charge is 0.137 e. The summed E-state index contributed by atoms with van der Waals surface area (Å²) >= 11 is 3.36. The van der Waals surface area contributed by atoms with Gasteiger partial charge in [-0.2, -0.15) is 0 Å². The second-order valence-electron chi connectivity index (χ2n) is 5.85. The average molecular weight is 316 g/mol. The van der Waals surface area contributed by atoms with Gasteiger partial charge in [-0.1, -0.05) is 39.8 Å². The molecule has 0 saturated heterocycles. The molecular weight excluding hydrogens is 293 g/mol. The molecule has 3 heteroatoms. The summed E-state index contributed by atoms with van der Waals surface area (Å²) < 4.78 is 14.2. The predicted octanol–water partition coefficient (Wildman–Crippen LogP) is 5.07. The highest BCUT2D eigenvalue weighted by Gasteiger charge is 2.19. The Morgan fingerprint density at radius 3 is 2.56 bits per heavy atom. The maximum absolute atomic E-state index is 13.6. The fraction of sp³-hybridized carbons (Fsp3) is 0.600. The van der Waals surface area contributed by atoms with Gasteiger partial charge in [0.05, 0.1) is 4.47 Å². The minimum absolute atomic E-state index is 0.189. The van der Waals surface area contributed by atoms with E-state index in [2.05, 4.69) is 48.9 Å². The van der Waals surface area contributed by atoms with Crippen LogP contribution in [0.5, 0.6) is 0 Å². The van der Waals surface area contributed by atoms with Crippen molar-refractivity contribution in [3.63, 3.8) is 0 Å². The lowest BCUT2D eigenvalue weighted by molar-refractivity contribution is 0.333. The Balaban J connectivity index is 2.87. The van der Waals surface area contributed by atoms with Gasteiger partial charge in [-0.3, -0.25) is 0 Å². The van der Waals surface area contributed by atoms with E-state index >= 15 is 0 Å². The highest BCUT2D eigenvalue weighted by Crippen LogP contribution is 2.32. The van der Waals surface area contributed by atoms with Crippen molar-refractivity contribution >= 4 is 15.9 Å². The first-order chi connectivity index (χ1) is 8.35.